The van der Waals surface area contributed by atoms with Crippen LogP contribution >= 0.6 is 39.1 Å². The highest BCUT2D eigenvalue weighted by Gasteiger charge is 2.40. The third kappa shape index (κ3) is 2.50. The van der Waals surface area contributed by atoms with E-state index in [9.17, 15) is 4.39 Å². The van der Waals surface area contributed by atoms with Gasteiger partial charge in [0.05, 0.1) is 21.8 Å². The van der Waals surface area contributed by atoms with Gasteiger partial charge in [-0.1, -0.05) is 63.4 Å². The summed E-state index contributed by atoms with van der Waals surface area (Å²) in [5, 5.41) is 4.43. The molecule has 4 rings (SSSR count). The molecule has 0 saturated carbocycles. The first-order valence-corrected chi connectivity index (χ1v) is 8.97. The molecule has 1 nitrogen and oxygen atoms in total. The number of benzene rings is 2. The summed E-state index contributed by atoms with van der Waals surface area (Å²) < 4.78 is 15.2. The van der Waals surface area contributed by atoms with Crippen LogP contribution in [0.25, 0.3) is 0 Å². The molecule has 2 aromatic rings. The number of rotatable bonds is 1. The smallest absolute Gasteiger partial charge is 0.147 e. The van der Waals surface area contributed by atoms with Gasteiger partial charge in [0, 0.05) is 10.4 Å². The van der Waals surface area contributed by atoms with E-state index in [-0.39, 0.29) is 17.8 Å². The van der Waals surface area contributed by atoms with Gasteiger partial charge in [0.1, 0.15) is 5.82 Å². The second kappa shape index (κ2) is 5.80. The minimum Gasteiger partial charge on any atom is -0.375 e. The van der Waals surface area contributed by atoms with Crippen molar-refractivity contribution in [2.45, 2.75) is 18.4 Å². The zero-order chi connectivity index (χ0) is 16.1. The van der Waals surface area contributed by atoms with Crippen molar-refractivity contribution < 1.29 is 4.39 Å². The third-order valence-electron chi connectivity index (χ3n) is 4.70. The topological polar surface area (TPSA) is 12.0 Å². The van der Waals surface area contributed by atoms with E-state index < -0.39 is 0 Å². The Labute approximate surface area is 152 Å². The maximum atomic E-state index is 14.5. The minimum absolute atomic E-state index is 0.0654. The van der Waals surface area contributed by atoms with E-state index in [0.29, 0.717) is 21.7 Å². The van der Waals surface area contributed by atoms with Crippen LogP contribution in [-0.2, 0) is 0 Å². The van der Waals surface area contributed by atoms with Crippen molar-refractivity contribution in [3.63, 3.8) is 0 Å². The molecule has 0 amide bonds. The molecule has 0 unspecified atom stereocenters. The lowest BCUT2D eigenvalue weighted by Crippen LogP contribution is -2.30. The quantitative estimate of drug-likeness (QED) is 0.512. The highest BCUT2D eigenvalue weighted by atomic mass is 79.9. The molecule has 3 atom stereocenters. The van der Waals surface area contributed by atoms with Crippen LogP contribution in [0.5, 0.6) is 0 Å². The van der Waals surface area contributed by atoms with E-state index >= 15 is 0 Å². The zero-order valence-electron chi connectivity index (χ0n) is 12.0. The molecule has 0 saturated heterocycles. The standard InChI is InChI=1S/C18H13BrCl2FN/c19-9-7-13-10-3-1-4-11(10)17(23-18(13)15(22)8-9)12-5-2-6-14(20)16(12)21/h1-3,5-8,10-11,17,23H,4H2/t10-,11-,17-/m0/s1. The van der Waals surface area contributed by atoms with Gasteiger partial charge in [-0.2, -0.15) is 0 Å². The van der Waals surface area contributed by atoms with Crippen LogP contribution in [0.1, 0.15) is 29.5 Å². The van der Waals surface area contributed by atoms with Crippen molar-refractivity contribution in [2.75, 3.05) is 5.32 Å². The molecular formula is C18H13BrCl2FN. The fourth-order valence-electron chi connectivity index (χ4n) is 3.69. The molecule has 1 aliphatic heterocycles. The predicted molar refractivity (Wildman–Crippen MR) is 96.9 cm³/mol. The lowest BCUT2D eigenvalue weighted by Gasteiger charge is -2.38. The summed E-state index contributed by atoms with van der Waals surface area (Å²) in [6, 6.07) is 9.03. The maximum absolute atomic E-state index is 14.5. The van der Waals surface area contributed by atoms with E-state index in [1.54, 1.807) is 6.07 Å². The highest BCUT2D eigenvalue weighted by Crippen LogP contribution is 2.52. The lowest BCUT2D eigenvalue weighted by atomic mass is 9.77. The molecule has 1 heterocycles. The summed E-state index contributed by atoms with van der Waals surface area (Å²) in [6.07, 6.45) is 5.26. The Morgan fingerprint density at radius 1 is 1.17 bits per heavy atom. The number of hydrogen-bond acceptors (Lipinski definition) is 1. The van der Waals surface area contributed by atoms with E-state index in [1.165, 1.54) is 6.07 Å². The van der Waals surface area contributed by atoms with Gasteiger partial charge in [-0.05, 0) is 41.7 Å². The second-order valence-electron chi connectivity index (χ2n) is 5.97. The third-order valence-corrected chi connectivity index (χ3v) is 5.99. The first-order chi connectivity index (χ1) is 11.1. The second-order valence-corrected chi connectivity index (χ2v) is 7.67. The van der Waals surface area contributed by atoms with E-state index in [2.05, 4.69) is 33.4 Å². The number of hydrogen-bond donors (Lipinski definition) is 1. The van der Waals surface area contributed by atoms with Crippen LogP contribution < -0.4 is 5.32 Å². The van der Waals surface area contributed by atoms with Gasteiger partial charge in [0.2, 0.25) is 0 Å². The predicted octanol–water partition coefficient (Wildman–Crippen LogP) is 6.72. The zero-order valence-corrected chi connectivity index (χ0v) is 15.1. The van der Waals surface area contributed by atoms with Gasteiger partial charge in [-0.15, -0.1) is 0 Å². The fraction of sp³-hybridized carbons (Fsp3) is 0.222. The number of fused-ring (bicyclic) bond motifs is 3. The summed E-state index contributed by atoms with van der Waals surface area (Å²) in [6.45, 7) is 0. The van der Waals surface area contributed by atoms with Gasteiger partial charge >= 0.3 is 0 Å². The summed E-state index contributed by atoms with van der Waals surface area (Å²) >= 11 is 16.0. The van der Waals surface area contributed by atoms with Crippen LogP contribution in [0.4, 0.5) is 10.1 Å². The number of halogens is 4. The average molecular weight is 413 g/mol. The Bertz CT molecular complexity index is 821. The molecule has 0 bridgehead atoms. The Balaban J connectivity index is 1.86. The molecule has 2 aliphatic rings. The number of nitrogens with one attached hydrogen (secondary N) is 1. The summed E-state index contributed by atoms with van der Waals surface area (Å²) in [7, 11) is 0. The van der Waals surface area contributed by atoms with Crippen LogP contribution in [0.2, 0.25) is 10.0 Å². The van der Waals surface area contributed by atoms with Crippen LogP contribution in [0.3, 0.4) is 0 Å². The first-order valence-electron chi connectivity index (χ1n) is 7.42. The van der Waals surface area contributed by atoms with Crippen LogP contribution in [0, 0.1) is 11.7 Å². The first kappa shape index (κ1) is 15.5. The van der Waals surface area contributed by atoms with Gasteiger partial charge in [0.25, 0.3) is 0 Å². The number of allylic oxidation sites excluding steroid dienone is 2. The molecule has 1 N–H and O–H groups in total. The molecule has 2 aromatic carbocycles. The molecule has 1 aliphatic carbocycles. The monoisotopic (exact) mass is 411 g/mol. The summed E-state index contributed by atoms with van der Waals surface area (Å²) in [4.78, 5) is 0. The normalized spacial score (nSPS) is 25.0. The van der Waals surface area contributed by atoms with Crippen LogP contribution in [-0.4, -0.2) is 0 Å². The Morgan fingerprint density at radius 3 is 2.83 bits per heavy atom. The average Bonchev–Trinajstić information content (AvgIpc) is 3.00. The highest BCUT2D eigenvalue weighted by molar-refractivity contribution is 9.10. The number of anilines is 1. The van der Waals surface area contributed by atoms with Gasteiger partial charge in [-0.3, -0.25) is 0 Å². The van der Waals surface area contributed by atoms with Crippen molar-refractivity contribution in [2.24, 2.45) is 5.92 Å². The minimum atomic E-state index is -0.253. The maximum Gasteiger partial charge on any atom is 0.147 e. The van der Waals surface area contributed by atoms with Gasteiger partial charge < -0.3 is 5.32 Å². The van der Waals surface area contributed by atoms with Gasteiger partial charge in [-0.25, -0.2) is 4.39 Å². The Morgan fingerprint density at radius 2 is 2.00 bits per heavy atom. The van der Waals surface area contributed by atoms with E-state index in [0.717, 1.165) is 22.0 Å². The SMILES string of the molecule is Fc1cc(Br)cc2c1N[C@H](c1cccc(Cl)c1Cl)[C@H]1CC=C[C@H]21. The van der Waals surface area contributed by atoms with Crippen molar-refractivity contribution in [3.05, 3.63) is 73.9 Å². The van der Waals surface area contributed by atoms with E-state index in [1.807, 2.05) is 18.2 Å². The molecule has 0 spiro atoms. The van der Waals surface area contributed by atoms with E-state index in [4.69, 9.17) is 23.2 Å². The van der Waals surface area contributed by atoms with Crippen molar-refractivity contribution in [3.8, 4) is 0 Å². The molecule has 0 aromatic heterocycles. The Hall–Kier alpha value is -1.03. The lowest BCUT2D eigenvalue weighted by molar-refractivity contribution is 0.420. The largest absolute Gasteiger partial charge is 0.375 e. The van der Waals surface area contributed by atoms with Gasteiger partial charge in [0.15, 0.2) is 0 Å². The molecule has 118 valence electrons. The molecular weight excluding hydrogens is 400 g/mol. The van der Waals surface area contributed by atoms with Crippen molar-refractivity contribution in [1.82, 2.24) is 0 Å². The summed E-state index contributed by atoms with van der Waals surface area (Å²) in [5.74, 6) is 0.224. The van der Waals surface area contributed by atoms with Crippen molar-refractivity contribution >= 4 is 44.8 Å². The molecule has 23 heavy (non-hydrogen) atoms. The van der Waals surface area contributed by atoms with Crippen molar-refractivity contribution in [1.29, 1.82) is 0 Å². The Kier molecular flexibility index (Phi) is 3.91. The molecule has 0 fully saturated rings. The summed E-state index contributed by atoms with van der Waals surface area (Å²) in [5.41, 5.74) is 2.47. The molecule has 0 radical (unpaired) electrons. The fourth-order valence-corrected chi connectivity index (χ4v) is 4.56. The molecule has 5 heteroatoms. The van der Waals surface area contributed by atoms with Crippen LogP contribution in [0.15, 0.2) is 47.0 Å².